The number of halogens is 1. The maximum absolute atomic E-state index is 12.0. The van der Waals surface area contributed by atoms with E-state index in [1.807, 2.05) is 30.3 Å². The number of pyridine rings is 1. The van der Waals surface area contributed by atoms with Gasteiger partial charge in [0.2, 0.25) is 0 Å². The van der Waals surface area contributed by atoms with Crippen molar-refractivity contribution in [1.82, 2.24) is 10.3 Å². The molecule has 0 fully saturated rings. The molecule has 104 valence electrons. The van der Waals surface area contributed by atoms with Gasteiger partial charge in [0.15, 0.2) is 0 Å². The van der Waals surface area contributed by atoms with E-state index in [0.717, 1.165) is 5.56 Å². The van der Waals surface area contributed by atoms with Crippen LogP contribution < -0.4 is 5.32 Å². The highest BCUT2D eigenvalue weighted by Crippen LogP contribution is 2.09. The quantitative estimate of drug-likeness (QED) is 0.886. The molecule has 2 N–H and O–H groups in total. The number of carbonyl (C=O) groups excluding carboxylic acids is 1. The Balaban J connectivity index is 2.01. The number of nitrogens with zero attached hydrogens (tertiary/aromatic N) is 1. The lowest BCUT2D eigenvalue weighted by Gasteiger charge is -2.16. The SMILES string of the molecule is O=C(N[C@H](CO)Cc1ccccc1)c1cc(Cl)ccn1. The fourth-order valence-electron chi connectivity index (χ4n) is 1.85. The van der Waals surface area contributed by atoms with Crippen LogP contribution in [-0.4, -0.2) is 28.6 Å². The normalized spacial score (nSPS) is 11.9. The largest absolute Gasteiger partial charge is 0.394 e. The molecule has 0 bridgehead atoms. The van der Waals surface area contributed by atoms with E-state index in [1.165, 1.54) is 12.3 Å². The number of aliphatic hydroxyl groups excluding tert-OH is 1. The van der Waals surface area contributed by atoms with E-state index in [4.69, 9.17) is 11.6 Å². The second kappa shape index (κ2) is 7.03. The van der Waals surface area contributed by atoms with E-state index < -0.39 is 0 Å². The third-order valence-corrected chi connectivity index (χ3v) is 3.07. The molecular formula is C15H15ClN2O2. The van der Waals surface area contributed by atoms with Gasteiger partial charge in [-0.05, 0) is 24.1 Å². The molecule has 0 saturated carbocycles. The lowest BCUT2D eigenvalue weighted by atomic mass is 10.1. The zero-order valence-corrected chi connectivity index (χ0v) is 11.5. The van der Waals surface area contributed by atoms with E-state index in [2.05, 4.69) is 10.3 Å². The average Bonchev–Trinajstić information content (AvgIpc) is 2.47. The molecule has 0 unspecified atom stereocenters. The van der Waals surface area contributed by atoms with Crippen molar-refractivity contribution in [3.8, 4) is 0 Å². The van der Waals surface area contributed by atoms with E-state index in [1.54, 1.807) is 6.07 Å². The van der Waals surface area contributed by atoms with E-state index >= 15 is 0 Å². The van der Waals surface area contributed by atoms with Crippen LogP contribution in [0.5, 0.6) is 0 Å². The van der Waals surface area contributed by atoms with Crippen LogP contribution in [0, 0.1) is 0 Å². The number of carbonyl (C=O) groups is 1. The van der Waals surface area contributed by atoms with Gasteiger partial charge in [0.05, 0.1) is 12.6 Å². The summed E-state index contributed by atoms with van der Waals surface area (Å²) in [6, 6.07) is 12.4. The highest BCUT2D eigenvalue weighted by molar-refractivity contribution is 6.30. The Morgan fingerprint density at radius 1 is 1.30 bits per heavy atom. The van der Waals surface area contributed by atoms with Crippen molar-refractivity contribution in [3.63, 3.8) is 0 Å². The van der Waals surface area contributed by atoms with Crippen molar-refractivity contribution in [1.29, 1.82) is 0 Å². The first-order chi connectivity index (χ1) is 9.69. The van der Waals surface area contributed by atoms with Crippen LogP contribution in [-0.2, 0) is 6.42 Å². The maximum atomic E-state index is 12.0. The molecule has 1 aromatic heterocycles. The highest BCUT2D eigenvalue weighted by Gasteiger charge is 2.14. The van der Waals surface area contributed by atoms with Crippen LogP contribution in [0.1, 0.15) is 16.1 Å². The molecule has 0 aliphatic carbocycles. The minimum absolute atomic E-state index is 0.138. The smallest absolute Gasteiger partial charge is 0.270 e. The molecule has 0 saturated heterocycles. The summed E-state index contributed by atoms with van der Waals surface area (Å²) >= 11 is 5.82. The molecule has 5 heteroatoms. The summed E-state index contributed by atoms with van der Waals surface area (Å²) in [4.78, 5) is 16.0. The van der Waals surface area contributed by atoms with Crippen molar-refractivity contribution in [3.05, 3.63) is 64.9 Å². The number of amides is 1. The zero-order chi connectivity index (χ0) is 14.4. The molecule has 20 heavy (non-hydrogen) atoms. The van der Waals surface area contributed by atoms with Gasteiger partial charge in [-0.1, -0.05) is 41.9 Å². The zero-order valence-electron chi connectivity index (χ0n) is 10.8. The monoisotopic (exact) mass is 290 g/mol. The molecule has 1 heterocycles. The fourth-order valence-corrected chi connectivity index (χ4v) is 2.01. The van der Waals surface area contributed by atoms with Gasteiger partial charge in [-0.2, -0.15) is 0 Å². The molecule has 2 aromatic rings. The summed E-state index contributed by atoms with van der Waals surface area (Å²) in [6.07, 6.45) is 2.03. The van der Waals surface area contributed by atoms with Crippen LogP contribution in [0.4, 0.5) is 0 Å². The van der Waals surface area contributed by atoms with Crippen LogP contribution in [0.3, 0.4) is 0 Å². The van der Waals surface area contributed by atoms with E-state index in [-0.39, 0.29) is 24.2 Å². The predicted molar refractivity (Wildman–Crippen MR) is 77.7 cm³/mol. The molecular weight excluding hydrogens is 276 g/mol. The minimum atomic E-state index is -0.356. The Hall–Kier alpha value is -1.91. The topological polar surface area (TPSA) is 62.2 Å². The average molecular weight is 291 g/mol. The summed E-state index contributed by atoms with van der Waals surface area (Å²) < 4.78 is 0. The third kappa shape index (κ3) is 4.05. The van der Waals surface area contributed by atoms with Crippen molar-refractivity contribution >= 4 is 17.5 Å². The Morgan fingerprint density at radius 2 is 2.05 bits per heavy atom. The number of benzene rings is 1. The molecule has 0 aliphatic rings. The summed E-state index contributed by atoms with van der Waals surface area (Å²) in [5.41, 5.74) is 1.29. The summed E-state index contributed by atoms with van der Waals surface area (Å²) in [7, 11) is 0. The van der Waals surface area contributed by atoms with Crippen LogP contribution in [0.25, 0.3) is 0 Å². The van der Waals surface area contributed by atoms with E-state index in [9.17, 15) is 9.90 Å². The molecule has 4 nitrogen and oxygen atoms in total. The van der Waals surface area contributed by atoms with Gasteiger partial charge in [-0.3, -0.25) is 9.78 Å². The number of aromatic nitrogens is 1. The van der Waals surface area contributed by atoms with Gasteiger partial charge in [0.1, 0.15) is 5.69 Å². The summed E-state index contributed by atoms with van der Waals surface area (Å²) in [5.74, 6) is -0.345. The number of aliphatic hydroxyl groups is 1. The molecule has 0 spiro atoms. The highest BCUT2D eigenvalue weighted by atomic mass is 35.5. The lowest BCUT2D eigenvalue weighted by Crippen LogP contribution is -2.39. The van der Waals surface area contributed by atoms with Gasteiger partial charge in [0, 0.05) is 11.2 Å². The van der Waals surface area contributed by atoms with Gasteiger partial charge >= 0.3 is 0 Å². The van der Waals surface area contributed by atoms with Crippen molar-refractivity contribution in [2.75, 3.05) is 6.61 Å². The molecule has 1 aromatic carbocycles. The number of hydrogen-bond donors (Lipinski definition) is 2. The van der Waals surface area contributed by atoms with Crippen molar-refractivity contribution in [2.24, 2.45) is 0 Å². The third-order valence-electron chi connectivity index (χ3n) is 2.84. The Kier molecular flexibility index (Phi) is 5.09. The lowest BCUT2D eigenvalue weighted by molar-refractivity contribution is 0.0911. The first kappa shape index (κ1) is 14.5. The van der Waals surface area contributed by atoms with E-state index in [0.29, 0.717) is 11.4 Å². The fraction of sp³-hybridized carbons (Fsp3) is 0.200. The van der Waals surface area contributed by atoms with Crippen LogP contribution >= 0.6 is 11.6 Å². The number of nitrogens with one attached hydrogen (secondary N) is 1. The number of hydrogen-bond acceptors (Lipinski definition) is 3. The van der Waals surface area contributed by atoms with Gasteiger partial charge < -0.3 is 10.4 Å². The number of rotatable bonds is 5. The second-order valence-electron chi connectivity index (χ2n) is 4.40. The summed E-state index contributed by atoms with van der Waals surface area (Å²) in [6.45, 7) is -0.138. The standard InChI is InChI=1S/C15H15ClN2O2/c16-12-6-7-17-14(9-12)15(20)18-13(10-19)8-11-4-2-1-3-5-11/h1-7,9,13,19H,8,10H2,(H,18,20)/t13-/m0/s1. The predicted octanol–water partition coefficient (Wildman–Crippen LogP) is 2.07. The Morgan fingerprint density at radius 3 is 2.70 bits per heavy atom. The molecule has 1 amide bonds. The maximum Gasteiger partial charge on any atom is 0.270 e. The Labute approximate surface area is 122 Å². The Bertz CT molecular complexity index is 575. The second-order valence-corrected chi connectivity index (χ2v) is 4.84. The molecule has 0 aliphatic heterocycles. The van der Waals surface area contributed by atoms with Crippen LogP contribution in [0.2, 0.25) is 5.02 Å². The van der Waals surface area contributed by atoms with Crippen molar-refractivity contribution < 1.29 is 9.90 Å². The first-order valence-electron chi connectivity index (χ1n) is 6.26. The molecule has 2 rings (SSSR count). The molecule has 1 atom stereocenters. The minimum Gasteiger partial charge on any atom is -0.394 e. The first-order valence-corrected chi connectivity index (χ1v) is 6.64. The molecule has 0 radical (unpaired) electrons. The van der Waals surface area contributed by atoms with Gasteiger partial charge in [-0.25, -0.2) is 0 Å². The van der Waals surface area contributed by atoms with Gasteiger partial charge in [0.25, 0.3) is 5.91 Å². The van der Waals surface area contributed by atoms with Gasteiger partial charge in [-0.15, -0.1) is 0 Å². The van der Waals surface area contributed by atoms with Crippen LogP contribution in [0.15, 0.2) is 48.7 Å². The summed E-state index contributed by atoms with van der Waals surface area (Å²) in [5, 5.41) is 12.6. The van der Waals surface area contributed by atoms with Crippen molar-refractivity contribution in [2.45, 2.75) is 12.5 Å².